The molecule has 0 radical (unpaired) electrons. The maximum atomic E-state index is 13.1. The van der Waals surface area contributed by atoms with Gasteiger partial charge in [-0.2, -0.15) is 13.2 Å². The highest BCUT2D eigenvalue weighted by Gasteiger charge is 2.42. The Morgan fingerprint density at radius 2 is 1.91 bits per heavy atom. The van der Waals surface area contributed by atoms with Crippen molar-refractivity contribution in [3.63, 3.8) is 0 Å². The topological polar surface area (TPSA) is 63.2 Å². The highest BCUT2D eigenvalue weighted by atomic mass is 32.2. The fraction of sp³-hybridized carbons (Fsp3) is 0.500. The molecule has 0 aromatic heterocycles. The van der Waals surface area contributed by atoms with Crippen molar-refractivity contribution in [1.29, 1.82) is 0 Å². The number of nitrogens with one attached hydrogen (secondary N) is 1. The van der Waals surface area contributed by atoms with Gasteiger partial charge < -0.3 is 5.32 Å². The molecule has 1 aromatic carbocycles. The highest BCUT2D eigenvalue weighted by molar-refractivity contribution is 7.91. The van der Waals surface area contributed by atoms with Crippen LogP contribution in [-0.2, 0) is 14.6 Å². The molecule has 2 rings (SSSR count). The van der Waals surface area contributed by atoms with Crippen LogP contribution in [0.4, 0.5) is 13.2 Å². The second kappa shape index (κ2) is 6.28. The van der Waals surface area contributed by atoms with Crippen LogP contribution < -0.4 is 5.32 Å². The second-order valence-corrected chi connectivity index (χ2v) is 7.61. The predicted molar refractivity (Wildman–Crippen MR) is 75.1 cm³/mol. The number of amides is 1. The summed E-state index contributed by atoms with van der Waals surface area (Å²) < 4.78 is 62.0. The summed E-state index contributed by atoms with van der Waals surface area (Å²) >= 11 is 0. The highest BCUT2D eigenvalue weighted by Crippen LogP contribution is 2.37. The standard InChI is InChI=1S/C14H16F3NO3S/c15-14(16,17)12(10-4-2-1-3-5-10)8-13(19)18-11-6-7-22(20,21)9-11/h1-5,11-12H,6-9H2,(H,18,19)/t11-,12-/m1/s1. The molecular weight excluding hydrogens is 319 g/mol. The zero-order chi connectivity index (χ0) is 16.4. The fourth-order valence-corrected chi connectivity index (χ4v) is 4.16. The molecule has 2 atom stereocenters. The third kappa shape index (κ3) is 4.46. The molecule has 1 aromatic rings. The Kier molecular flexibility index (Phi) is 4.79. The molecule has 122 valence electrons. The Balaban J connectivity index is 2.04. The van der Waals surface area contributed by atoms with E-state index in [1.165, 1.54) is 24.3 Å². The SMILES string of the molecule is O=C(C[C@H](c1ccccc1)C(F)(F)F)N[C@@H]1CCS(=O)(=O)C1. The lowest BCUT2D eigenvalue weighted by Crippen LogP contribution is -2.38. The summed E-state index contributed by atoms with van der Waals surface area (Å²) in [6.07, 6.45) is -5.04. The average Bonchev–Trinajstić information content (AvgIpc) is 2.75. The Morgan fingerprint density at radius 3 is 2.41 bits per heavy atom. The van der Waals surface area contributed by atoms with Crippen LogP contribution in [0.15, 0.2) is 30.3 Å². The molecular formula is C14H16F3NO3S. The first-order valence-electron chi connectivity index (χ1n) is 6.79. The van der Waals surface area contributed by atoms with Crippen molar-refractivity contribution >= 4 is 15.7 Å². The van der Waals surface area contributed by atoms with E-state index in [4.69, 9.17) is 0 Å². The van der Waals surface area contributed by atoms with Crippen LogP contribution in [0.3, 0.4) is 0 Å². The molecule has 0 unspecified atom stereocenters. The van der Waals surface area contributed by atoms with E-state index < -0.39 is 40.3 Å². The van der Waals surface area contributed by atoms with E-state index in [-0.39, 0.29) is 23.5 Å². The first-order chi connectivity index (χ1) is 10.2. The third-order valence-corrected chi connectivity index (χ3v) is 5.35. The second-order valence-electron chi connectivity index (χ2n) is 5.38. The monoisotopic (exact) mass is 335 g/mol. The number of hydrogen-bond donors (Lipinski definition) is 1. The third-order valence-electron chi connectivity index (χ3n) is 3.58. The van der Waals surface area contributed by atoms with E-state index in [0.717, 1.165) is 0 Å². The van der Waals surface area contributed by atoms with Crippen molar-refractivity contribution in [3.8, 4) is 0 Å². The first-order valence-corrected chi connectivity index (χ1v) is 8.61. The molecule has 0 aliphatic carbocycles. The Hall–Kier alpha value is -1.57. The van der Waals surface area contributed by atoms with Gasteiger partial charge in [0.2, 0.25) is 5.91 Å². The van der Waals surface area contributed by atoms with Crippen molar-refractivity contribution in [2.45, 2.75) is 31.0 Å². The van der Waals surface area contributed by atoms with Crippen LogP contribution in [0.2, 0.25) is 0 Å². The molecule has 1 fully saturated rings. The number of sulfone groups is 1. The zero-order valence-electron chi connectivity index (χ0n) is 11.6. The van der Waals surface area contributed by atoms with Gasteiger partial charge in [-0.25, -0.2) is 8.42 Å². The summed E-state index contributed by atoms with van der Waals surface area (Å²) in [7, 11) is -3.19. The lowest BCUT2D eigenvalue weighted by atomic mass is 9.94. The van der Waals surface area contributed by atoms with E-state index in [0.29, 0.717) is 0 Å². The van der Waals surface area contributed by atoms with Gasteiger partial charge in [0.05, 0.1) is 17.4 Å². The molecule has 1 aliphatic heterocycles. The van der Waals surface area contributed by atoms with E-state index in [9.17, 15) is 26.4 Å². The van der Waals surface area contributed by atoms with Gasteiger partial charge >= 0.3 is 6.18 Å². The summed E-state index contributed by atoms with van der Waals surface area (Å²) in [6, 6.07) is 6.62. The number of carbonyl (C=O) groups excluding carboxylic acids is 1. The normalized spacial score (nSPS) is 22.2. The quantitative estimate of drug-likeness (QED) is 0.916. The lowest BCUT2D eigenvalue weighted by molar-refractivity contribution is -0.157. The molecule has 1 saturated heterocycles. The van der Waals surface area contributed by atoms with Crippen molar-refractivity contribution in [1.82, 2.24) is 5.32 Å². The van der Waals surface area contributed by atoms with E-state index in [1.54, 1.807) is 6.07 Å². The number of hydrogen-bond acceptors (Lipinski definition) is 3. The minimum absolute atomic E-state index is 0.0178. The van der Waals surface area contributed by atoms with Crippen molar-refractivity contribution in [3.05, 3.63) is 35.9 Å². The van der Waals surface area contributed by atoms with Crippen molar-refractivity contribution in [2.75, 3.05) is 11.5 Å². The van der Waals surface area contributed by atoms with Gasteiger partial charge in [-0.3, -0.25) is 4.79 Å². The van der Waals surface area contributed by atoms with Gasteiger partial charge in [-0.15, -0.1) is 0 Å². The largest absolute Gasteiger partial charge is 0.396 e. The minimum Gasteiger partial charge on any atom is -0.352 e. The predicted octanol–water partition coefficient (Wildman–Crippen LogP) is 2.03. The van der Waals surface area contributed by atoms with E-state index >= 15 is 0 Å². The number of benzene rings is 1. The molecule has 1 heterocycles. The van der Waals surface area contributed by atoms with Gasteiger partial charge in [0.1, 0.15) is 0 Å². The maximum absolute atomic E-state index is 13.1. The Morgan fingerprint density at radius 1 is 1.27 bits per heavy atom. The van der Waals surface area contributed by atoms with Crippen molar-refractivity contribution < 1.29 is 26.4 Å². The Bertz CT molecular complexity index is 628. The summed E-state index contributed by atoms with van der Waals surface area (Å²) in [5.41, 5.74) is 0.0178. The van der Waals surface area contributed by atoms with E-state index in [2.05, 4.69) is 5.32 Å². The molecule has 4 nitrogen and oxygen atoms in total. The smallest absolute Gasteiger partial charge is 0.352 e. The average molecular weight is 335 g/mol. The van der Waals surface area contributed by atoms with Crippen LogP contribution in [0.25, 0.3) is 0 Å². The number of carbonyl (C=O) groups is 1. The fourth-order valence-electron chi connectivity index (χ4n) is 2.49. The van der Waals surface area contributed by atoms with Gasteiger partial charge in [0.25, 0.3) is 0 Å². The molecule has 1 amide bonds. The van der Waals surface area contributed by atoms with Crippen molar-refractivity contribution in [2.24, 2.45) is 0 Å². The minimum atomic E-state index is -4.54. The van der Waals surface area contributed by atoms with Crippen LogP contribution in [0.5, 0.6) is 0 Å². The molecule has 1 N–H and O–H groups in total. The summed E-state index contributed by atoms with van der Waals surface area (Å²) in [4.78, 5) is 11.8. The van der Waals surface area contributed by atoms with Crippen LogP contribution in [-0.4, -0.2) is 38.0 Å². The lowest BCUT2D eigenvalue weighted by Gasteiger charge is -2.21. The summed E-state index contributed by atoms with van der Waals surface area (Å²) in [5.74, 6) is -2.93. The van der Waals surface area contributed by atoms with Crippen LogP contribution in [0.1, 0.15) is 24.3 Å². The van der Waals surface area contributed by atoms with Gasteiger partial charge in [-0.1, -0.05) is 30.3 Å². The molecule has 0 saturated carbocycles. The van der Waals surface area contributed by atoms with Crippen LogP contribution >= 0.6 is 0 Å². The van der Waals surface area contributed by atoms with Gasteiger partial charge in [0.15, 0.2) is 9.84 Å². The molecule has 22 heavy (non-hydrogen) atoms. The summed E-state index contributed by atoms with van der Waals surface area (Å²) in [6.45, 7) is 0. The molecule has 0 spiro atoms. The van der Waals surface area contributed by atoms with Gasteiger partial charge in [0, 0.05) is 12.5 Å². The van der Waals surface area contributed by atoms with Crippen LogP contribution in [0, 0.1) is 0 Å². The first kappa shape index (κ1) is 16.8. The number of halogens is 3. The van der Waals surface area contributed by atoms with E-state index in [1.807, 2.05) is 0 Å². The Labute approximate surface area is 126 Å². The zero-order valence-corrected chi connectivity index (χ0v) is 12.5. The molecule has 1 aliphatic rings. The number of alkyl halides is 3. The molecule has 0 bridgehead atoms. The maximum Gasteiger partial charge on any atom is 0.396 e. The number of rotatable bonds is 4. The molecule has 8 heteroatoms. The van der Waals surface area contributed by atoms with Gasteiger partial charge in [-0.05, 0) is 12.0 Å². The summed E-state index contributed by atoms with van der Waals surface area (Å²) in [5, 5.41) is 2.39.